The normalized spacial score (nSPS) is 41.6. The molecule has 7 heteroatoms. The van der Waals surface area contributed by atoms with Crippen LogP contribution in [0.25, 0.3) is 0 Å². The molecule has 0 aliphatic carbocycles. The monoisotopic (exact) mass is 250 g/mol. The van der Waals surface area contributed by atoms with Crippen LogP contribution in [0, 0.1) is 11.8 Å². The van der Waals surface area contributed by atoms with Crippen LogP contribution in [0.3, 0.4) is 0 Å². The van der Waals surface area contributed by atoms with Gasteiger partial charge in [-0.1, -0.05) is 6.92 Å². The molecular formula is C9H14O6S. The molecule has 2 aliphatic rings. The molecule has 0 saturated carbocycles. The van der Waals surface area contributed by atoms with E-state index in [4.69, 9.17) is 8.92 Å². The molecule has 5 atom stereocenters. The van der Waals surface area contributed by atoms with Crippen LogP contribution in [-0.4, -0.2) is 39.8 Å². The number of methoxy groups -OCH3 is 1. The third-order valence-electron chi connectivity index (χ3n) is 3.33. The lowest BCUT2D eigenvalue weighted by molar-refractivity contribution is -0.148. The van der Waals surface area contributed by atoms with Gasteiger partial charge in [0.05, 0.1) is 25.2 Å². The second-order valence-electron chi connectivity index (χ2n) is 4.16. The molecule has 2 heterocycles. The zero-order valence-corrected chi connectivity index (χ0v) is 9.88. The predicted molar refractivity (Wildman–Crippen MR) is 53.1 cm³/mol. The fourth-order valence-corrected chi connectivity index (χ4v) is 3.14. The van der Waals surface area contributed by atoms with E-state index in [9.17, 15) is 13.2 Å². The Labute approximate surface area is 95.0 Å². The average molecular weight is 250 g/mol. The van der Waals surface area contributed by atoms with Crippen molar-refractivity contribution in [2.75, 3.05) is 7.11 Å². The van der Waals surface area contributed by atoms with Crippen LogP contribution in [0.15, 0.2) is 0 Å². The summed E-state index contributed by atoms with van der Waals surface area (Å²) in [4.78, 5) is 11.4. The second kappa shape index (κ2) is 4.31. The van der Waals surface area contributed by atoms with Gasteiger partial charge in [-0.3, -0.25) is 8.98 Å². The lowest BCUT2D eigenvalue weighted by Crippen LogP contribution is -2.40. The molecule has 2 rings (SSSR count). The summed E-state index contributed by atoms with van der Waals surface area (Å²) in [6, 6.07) is 0. The zero-order valence-electron chi connectivity index (χ0n) is 8.99. The van der Waals surface area contributed by atoms with Crippen molar-refractivity contribution in [2.24, 2.45) is 11.8 Å². The Morgan fingerprint density at radius 3 is 2.62 bits per heavy atom. The van der Waals surface area contributed by atoms with E-state index < -0.39 is 17.1 Å². The van der Waals surface area contributed by atoms with E-state index in [1.807, 2.05) is 6.92 Å². The van der Waals surface area contributed by atoms with Gasteiger partial charge in [0, 0.05) is 5.92 Å². The highest BCUT2D eigenvalue weighted by atomic mass is 32.2. The van der Waals surface area contributed by atoms with Gasteiger partial charge < -0.3 is 9.47 Å². The Hall–Kier alpha value is -0.660. The van der Waals surface area contributed by atoms with Gasteiger partial charge >= 0.3 is 5.97 Å². The lowest BCUT2D eigenvalue weighted by Gasteiger charge is -2.26. The first-order valence-corrected chi connectivity index (χ1v) is 6.18. The van der Waals surface area contributed by atoms with Gasteiger partial charge in [0.25, 0.3) is 11.0 Å². The molecule has 0 aromatic heterocycles. The summed E-state index contributed by atoms with van der Waals surface area (Å²) in [5.41, 5.74) is 0. The van der Waals surface area contributed by atoms with Crippen molar-refractivity contribution in [3.8, 4) is 0 Å². The van der Waals surface area contributed by atoms with E-state index in [2.05, 4.69) is 4.74 Å². The van der Waals surface area contributed by atoms with Crippen LogP contribution in [0.2, 0.25) is 0 Å². The molecule has 0 N–H and O–H groups in total. The van der Waals surface area contributed by atoms with E-state index >= 15 is 0 Å². The van der Waals surface area contributed by atoms with Crippen molar-refractivity contribution in [3.05, 3.63) is 0 Å². The maximum atomic E-state index is 11.4. The molecule has 16 heavy (non-hydrogen) atoms. The first kappa shape index (κ1) is 11.8. The van der Waals surface area contributed by atoms with Crippen LogP contribution in [0.1, 0.15) is 13.3 Å². The molecule has 0 radical (unpaired) electrons. The van der Waals surface area contributed by atoms with E-state index in [0.29, 0.717) is 6.42 Å². The minimum Gasteiger partial charge on any atom is -0.469 e. The first-order valence-electron chi connectivity index (χ1n) is 5.09. The van der Waals surface area contributed by atoms with Crippen LogP contribution in [0.5, 0.6) is 0 Å². The molecule has 2 aliphatic heterocycles. The maximum Gasteiger partial charge on any atom is 0.311 e. The second-order valence-corrected chi connectivity index (χ2v) is 4.82. The van der Waals surface area contributed by atoms with Crippen molar-refractivity contribution >= 4 is 17.0 Å². The highest BCUT2D eigenvalue weighted by molar-refractivity contribution is 7.67. The fraction of sp³-hybridized carbons (Fsp3) is 0.889. The number of hydrogen-bond donors (Lipinski definition) is 1. The summed E-state index contributed by atoms with van der Waals surface area (Å²) in [5, 5.41) is 0. The molecule has 6 nitrogen and oxygen atoms in total. The van der Waals surface area contributed by atoms with E-state index in [1.165, 1.54) is 7.11 Å². The van der Waals surface area contributed by atoms with Crippen LogP contribution >= 0.6 is 0 Å². The summed E-state index contributed by atoms with van der Waals surface area (Å²) in [6.07, 6.45) is -0.614. The number of rotatable bonds is 3. The van der Waals surface area contributed by atoms with Gasteiger partial charge in [0.2, 0.25) is 0 Å². The summed E-state index contributed by atoms with van der Waals surface area (Å²) < 4.78 is 36.0. The highest BCUT2D eigenvalue weighted by Gasteiger charge is 2.56. The highest BCUT2D eigenvalue weighted by Crippen LogP contribution is 2.44. The summed E-state index contributed by atoms with van der Waals surface area (Å²) in [6.45, 7) is 1.82. The lowest BCUT2D eigenvalue weighted by atomic mass is 9.80. The Bertz CT molecular complexity index is 355. The Morgan fingerprint density at radius 2 is 2.12 bits per heavy atom. The third-order valence-corrected chi connectivity index (χ3v) is 3.74. The summed E-state index contributed by atoms with van der Waals surface area (Å²) >= 11 is 0. The minimum atomic E-state index is -2.88. The number of fused-ring (bicyclic) bond motifs is 2. The Balaban J connectivity index is 2.07. The average Bonchev–Trinajstić information content (AvgIpc) is 2.77. The quantitative estimate of drug-likeness (QED) is 0.537. The Morgan fingerprint density at radius 1 is 1.44 bits per heavy atom. The smallest absolute Gasteiger partial charge is 0.311 e. The zero-order chi connectivity index (χ0) is 11.9. The van der Waals surface area contributed by atoms with E-state index in [-0.39, 0.29) is 30.0 Å². The van der Waals surface area contributed by atoms with Crippen molar-refractivity contribution in [3.63, 3.8) is 0 Å². The largest absolute Gasteiger partial charge is 0.469 e. The molecule has 2 saturated heterocycles. The molecule has 0 amide bonds. The fourth-order valence-electron chi connectivity index (χ4n) is 2.61. The number of thiol groups is 1. The number of esters is 1. The molecule has 0 aromatic carbocycles. The van der Waals surface area contributed by atoms with Crippen molar-refractivity contribution in [1.82, 2.24) is 0 Å². The predicted octanol–water partition coefficient (Wildman–Crippen LogP) is -0.506. The standard InChI is InChI=1S/C9H14O6S/c1-4-7-5(9(10)13-2)3-6(14-7)8(4)15-16(11)12/h4-8,16H,3H2,1-2H3. The van der Waals surface area contributed by atoms with Crippen LogP contribution in [-0.2, 0) is 29.4 Å². The van der Waals surface area contributed by atoms with Gasteiger partial charge in [-0.15, -0.1) is 0 Å². The Kier molecular flexibility index (Phi) is 3.18. The first-order chi connectivity index (χ1) is 7.54. The SMILES string of the molecule is COC(=O)C1CC2OC1C(C)C2O[SH](=O)=O. The molecule has 2 fully saturated rings. The maximum absolute atomic E-state index is 11.4. The number of ether oxygens (including phenoxy) is 2. The van der Waals surface area contributed by atoms with Crippen molar-refractivity contribution < 1.29 is 26.9 Å². The topological polar surface area (TPSA) is 78.9 Å². The molecule has 2 bridgehead atoms. The number of carbonyl (C=O) groups excluding carboxylic acids is 1. The number of carbonyl (C=O) groups is 1. The third kappa shape index (κ3) is 1.83. The minimum absolute atomic E-state index is 0.115. The van der Waals surface area contributed by atoms with E-state index in [0.717, 1.165) is 0 Å². The molecule has 5 unspecified atom stereocenters. The number of hydrogen-bond acceptors (Lipinski definition) is 6. The molecule has 0 aromatic rings. The van der Waals surface area contributed by atoms with Crippen LogP contribution in [0.4, 0.5) is 0 Å². The summed E-state index contributed by atoms with van der Waals surface area (Å²) in [7, 11) is -1.54. The van der Waals surface area contributed by atoms with Crippen LogP contribution < -0.4 is 0 Å². The van der Waals surface area contributed by atoms with Gasteiger partial charge in [0.1, 0.15) is 6.10 Å². The van der Waals surface area contributed by atoms with Gasteiger partial charge in [-0.2, -0.15) is 0 Å². The van der Waals surface area contributed by atoms with Gasteiger partial charge in [-0.05, 0) is 6.42 Å². The van der Waals surface area contributed by atoms with E-state index in [1.54, 1.807) is 0 Å². The van der Waals surface area contributed by atoms with Gasteiger partial charge in [-0.25, -0.2) is 8.42 Å². The molecule has 92 valence electrons. The molecular weight excluding hydrogens is 236 g/mol. The van der Waals surface area contributed by atoms with Crippen molar-refractivity contribution in [1.29, 1.82) is 0 Å². The molecule has 0 spiro atoms. The van der Waals surface area contributed by atoms with Crippen molar-refractivity contribution in [2.45, 2.75) is 31.7 Å². The van der Waals surface area contributed by atoms with Gasteiger partial charge in [0.15, 0.2) is 0 Å². The summed E-state index contributed by atoms with van der Waals surface area (Å²) in [5.74, 6) is -0.713.